The largest absolute Gasteiger partial charge is 0.250 e. The van der Waals surface area contributed by atoms with Gasteiger partial charge < -0.3 is 0 Å². The van der Waals surface area contributed by atoms with E-state index in [0.29, 0.717) is 6.04 Å². The van der Waals surface area contributed by atoms with E-state index in [1.54, 1.807) is 0 Å². The van der Waals surface area contributed by atoms with Crippen molar-refractivity contribution >= 4 is 12.8 Å². The van der Waals surface area contributed by atoms with Gasteiger partial charge in [0.25, 0.3) is 0 Å². The molecule has 1 aliphatic heterocycles. The van der Waals surface area contributed by atoms with Crippen molar-refractivity contribution in [2.45, 2.75) is 46.1 Å². The molecular formula is C8H19NS. The van der Waals surface area contributed by atoms with Crippen LogP contribution in [0.4, 0.5) is 0 Å². The monoisotopic (exact) mass is 161 g/mol. The summed E-state index contributed by atoms with van der Waals surface area (Å²) in [5.41, 5.74) is 0. The third-order valence-corrected chi connectivity index (χ3v) is 2.36. The molecule has 0 bridgehead atoms. The van der Waals surface area contributed by atoms with Gasteiger partial charge in [-0.05, 0) is 19.8 Å². The van der Waals surface area contributed by atoms with Crippen molar-refractivity contribution in [3.05, 3.63) is 0 Å². The van der Waals surface area contributed by atoms with Gasteiger partial charge in [0.1, 0.15) is 0 Å². The van der Waals surface area contributed by atoms with Crippen LogP contribution in [-0.2, 0) is 0 Å². The Bertz CT molecular complexity index is 65.7. The quantitative estimate of drug-likeness (QED) is 0.535. The van der Waals surface area contributed by atoms with Crippen molar-refractivity contribution in [3.8, 4) is 0 Å². The molecule has 1 atom stereocenters. The first-order chi connectivity index (χ1) is 4.80. The maximum absolute atomic E-state index is 4.29. The minimum absolute atomic E-state index is 0.701. The molecular weight excluding hydrogens is 142 g/mol. The van der Waals surface area contributed by atoms with Gasteiger partial charge in [-0.15, -0.1) is 0 Å². The molecule has 0 radical (unpaired) electrons. The highest BCUT2D eigenvalue weighted by Gasteiger charge is 2.13. The Labute approximate surface area is 70.3 Å². The molecule has 0 amide bonds. The predicted molar refractivity (Wildman–Crippen MR) is 50.4 cm³/mol. The van der Waals surface area contributed by atoms with E-state index in [1.165, 1.54) is 25.8 Å². The lowest BCUT2D eigenvalue weighted by atomic mass is 10.1. The van der Waals surface area contributed by atoms with E-state index in [2.05, 4.69) is 24.0 Å². The highest BCUT2D eigenvalue weighted by atomic mass is 32.1. The van der Waals surface area contributed by atoms with E-state index in [1.807, 2.05) is 13.8 Å². The standard InChI is InChI=1S/C6H13NS.C2H6/c1-6-4-2-3-5-7(6)8;1-2/h6,8H,2-5H2,1H3;1-2H3. The van der Waals surface area contributed by atoms with Gasteiger partial charge in [-0.1, -0.05) is 33.1 Å². The summed E-state index contributed by atoms with van der Waals surface area (Å²) >= 11 is 4.29. The van der Waals surface area contributed by atoms with Gasteiger partial charge in [0.15, 0.2) is 0 Å². The second-order valence-corrected chi connectivity index (χ2v) is 3.02. The average Bonchev–Trinajstić information content (AvgIpc) is 2.00. The minimum atomic E-state index is 0.701. The molecule has 0 spiro atoms. The van der Waals surface area contributed by atoms with Crippen LogP contribution in [0.25, 0.3) is 0 Å². The lowest BCUT2D eigenvalue weighted by Crippen LogP contribution is -2.29. The second-order valence-electron chi connectivity index (χ2n) is 2.51. The molecule has 1 rings (SSSR count). The molecule has 1 fully saturated rings. The number of hydrogen-bond donors (Lipinski definition) is 1. The van der Waals surface area contributed by atoms with Gasteiger partial charge in [0.05, 0.1) is 0 Å². The zero-order valence-electron chi connectivity index (χ0n) is 7.30. The van der Waals surface area contributed by atoms with E-state index in [0.717, 1.165) is 0 Å². The Morgan fingerprint density at radius 2 is 1.90 bits per heavy atom. The van der Waals surface area contributed by atoms with Gasteiger partial charge in [-0.3, -0.25) is 4.31 Å². The zero-order chi connectivity index (χ0) is 7.98. The van der Waals surface area contributed by atoms with Crippen molar-refractivity contribution in [3.63, 3.8) is 0 Å². The van der Waals surface area contributed by atoms with Gasteiger partial charge in [-0.25, -0.2) is 0 Å². The van der Waals surface area contributed by atoms with E-state index in [9.17, 15) is 0 Å². The molecule has 1 nitrogen and oxygen atoms in total. The van der Waals surface area contributed by atoms with Crippen molar-refractivity contribution in [2.75, 3.05) is 6.54 Å². The predicted octanol–water partition coefficient (Wildman–Crippen LogP) is 2.73. The van der Waals surface area contributed by atoms with Crippen LogP contribution in [0.3, 0.4) is 0 Å². The van der Waals surface area contributed by atoms with Crippen LogP contribution < -0.4 is 0 Å². The second kappa shape index (κ2) is 6.05. The molecule has 2 heteroatoms. The fourth-order valence-corrected chi connectivity index (χ4v) is 1.34. The van der Waals surface area contributed by atoms with Crippen LogP contribution in [0.15, 0.2) is 0 Å². The molecule has 0 aliphatic carbocycles. The number of piperidine rings is 1. The van der Waals surface area contributed by atoms with Crippen LogP contribution in [-0.4, -0.2) is 16.9 Å². The first-order valence-corrected chi connectivity index (χ1v) is 4.66. The number of hydrogen-bond acceptors (Lipinski definition) is 2. The maximum Gasteiger partial charge on any atom is 0.0171 e. The summed E-state index contributed by atoms with van der Waals surface area (Å²) in [4.78, 5) is 0. The third kappa shape index (κ3) is 3.47. The summed E-state index contributed by atoms with van der Waals surface area (Å²) in [5, 5.41) is 0. The first kappa shape index (κ1) is 10.3. The van der Waals surface area contributed by atoms with Crippen LogP contribution in [0.5, 0.6) is 0 Å². The Kier molecular flexibility index (Phi) is 6.24. The van der Waals surface area contributed by atoms with Gasteiger partial charge in [0, 0.05) is 12.6 Å². The van der Waals surface area contributed by atoms with Crippen molar-refractivity contribution in [1.82, 2.24) is 4.31 Å². The molecule has 10 heavy (non-hydrogen) atoms. The molecule has 0 aromatic heterocycles. The SMILES string of the molecule is CC.CC1CCCCN1S. The third-order valence-electron chi connectivity index (χ3n) is 1.77. The molecule has 0 aromatic carbocycles. The summed E-state index contributed by atoms with van der Waals surface area (Å²) in [5.74, 6) is 0. The lowest BCUT2D eigenvalue weighted by Gasteiger charge is -2.27. The normalized spacial score (nSPS) is 27.0. The Morgan fingerprint density at radius 3 is 2.20 bits per heavy atom. The number of nitrogens with zero attached hydrogens (tertiary/aromatic N) is 1. The molecule has 0 aromatic rings. The van der Waals surface area contributed by atoms with Crippen LogP contribution >= 0.6 is 12.8 Å². The fraction of sp³-hybridized carbons (Fsp3) is 1.00. The Balaban J connectivity index is 0.000000371. The zero-order valence-corrected chi connectivity index (χ0v) is 8.19. The summed E-state index contributed by atoms with van der Waals surface area (Å²) in [6.45, 7) is 7.40. The van der Waals surface area contributed by atoms with Gasteiger partial charge >= 0.3 is 0 Å². The number of rotatable bonds is 0. The van der Waals surface area contributed by atoms with Crippen LogP contribution in [0.2, 0.25) is 0 Å². The average molecular weight is 161 g/mol. The van der Waals surface area contributed by atoms with E-state index in [4.69, 9.17) is 0 Å². The summed E-state index contributed by atoms with van der Waals surface area (Å²) in [6, 6.07) is 0.701. The van der Waals surface area contributed by atoms with Crippen LogP contribution in [0, 0.1) is 0 Å². The maximum atomic E-state index is 4.29. The summed E-state index contributed by atoms with van der Waals surface area (Å²) in [6.07, 6.45) is 4.04. The van der Waals surface area contributed by atoms with E-state index >= 15 is 0 Å². The molecule has 1 heterocycles. The molecule has 62 valence electrons. The van der Waals surface area contributed by atoms with Gasteiger partial charge in [-0.2, -0.15) is 0 Å². The van der Waals surface area contributed by atoms with E-state index < -0.39 is 0 Å². The van der Waals surface area contributed by atoms with Crippen LogP contribution in [0.1, 0.15) is 40.0 Å². The number of thiol groups is 1. The van der Waals surface area contributed by atoms with Crippen molar-refractivity contribution in [2.24, 2.45) is 0 Å². The highest BCUT2D eigenvalue weighted by molar-refractivity contribution is 7.77. The Morgan fingerprint density at radius 1 is 1.30 bits per heavy atom. The van der Waals surface area contributed by atoms with Crippen molar-refractivity contribution < 1.29 is 0 Å². The first-order valence-electron chi connectivity index (χ1n) is 4.26. The van der Waals surface area contributed by atoms with Crippen molar-refractivity contribution in [1.29, 1.82) is 0 Å². The molecule has 0 N–H and O–H groups in total. The minimum Gasteiger partial charge on any atom is -0.250 e. The Hall–Kier alpha value is 0.310. The summed E-state index contributed by atoms with van der Waals surface area (Å²) < 4.78 is 2.13. The van der Waals surface area contributed by atoms with Gasteiger partial charge in [0.2, 0.25) is 0 Å². The molecule has 0 saturated carbocycles. The molecule has 1 unspecified atom stereocenters. The smallest absolute Gasteiger partial charge is 0.0171 e. The highest BCUT2D eigenvalue weighted by Crippen LogP contribution is 2.16. The lowest BCUT2D eigenvalue weighted by molar-refractivity contribution is 0.296. The topological polar surface area (TPSA) is 3.24 Å². The molecule has 1 aliphatic rings. The molecule has 1 saturated heterocycles. The van der Waals surface area contributed by atoms with E-state index in [-0.39, 0.29) is 0 Å². The fourth-order valence-electron chi connectivity index (χ4n) is 1.08. The summed E-state index contributed by atoms with van der Waals surface area (Å²) in [7, 11) is 0.